The fraction of sp³-hybridized carbons (Fsp3) is 0.611. The highest BCUT2D eigenvalue weighted by atomic mass is 16.2. The first kappa shape index (κ1) is 14.4. The van der Waals surface area contributed by atoms with Gasteiger partial charge in [-0.25, -0.2) is 0 Å². The molecular weight excluding hydrogens is 260 g/mol. The molecule has 0 saturated heterocycles. The molecule has 0 aliphatic heterocycles. The minimum absolute atomic E-state index is 0.172. The molecule has 3 rings (SSSR count). The van der Waals surface area contributed by atoms with Crippen LogP contribution >= 0.6 is 0 Å². The molecule has 2 aliphatic carbocycles. The Morgan fingerprint density at radius 2 is 1.62 bits per heavy atom. The topological polar surface area (TPSA) is 41.1 Å². The summed E-state index contributed by atoms with van der Waals surface area (Å²) in [5.74, 6) is 1.23. The molecule has 3 heteroatoms. The number of anilines is 2. The Labute approximate surface area is 127 Å². The Morgan fingerprint density at radius 1 is 1.00 bits per heavy atom. The van der Waals surface area contributed by atoms with Crippen LogP contribution in [0.4, 0.5) is 11.4 Å². The third-order valence-corrected chi connectivity index (χ3v) is 4.85. The van der Waals surface area contributed by atoms with E-state index in [0.29, 0.717) is 6.04 Å². The van der Waals surface area contributed by atoms with Crippen molar-refractivity contribution in [2.45, 2.75) is 57.9 Å². The highest BCUT2D eigenvalue weighted by Gasteiger charge is 2.29. The van der Waals surface area contributed by atoms with E-state index in [1.165, 1.54) is 32.1 Å². The monoisotopic (exact) mass is 286 g/mol. The van der Waals surface area contributed by atoms with Crippen LogP contribution in [0.25, 0.3) is 0 Å². The minimum Gasteiger partial charge on any atom is -0.382 e. The molecule has 0 radical (unpaired) electrons. The second kappa shape index (κ2) is 6.50. The van der Waals surface area contributed by atoms with E-state index in [-0.39, 0.29) is 11.8 Å². The highest BCUT2D eigenvalue weighted by molar-refractivity contribution is 5.94. The van der Waals surface area contributed by atoms with Crippen LogP contribution < -0.4 is 10.6 Å². The standard InChI is InChI=1S/C18H26N2O/c1-13(14-5-3-2-4-6-14)19-16-9-11-17(12-10-16)20-18(21)15-7-8-15/h9-15,19H,2-8H2,1H3,(H,20,21). The molecule has 1 unspecified atom stereocenters. The summed E-state index contributed by atoms with van der Waals surface area (Å²) in [5, 5.41) is 6.60. The number of rotatable bonds is 5. The fourth-order valence-electron chi connectivity index (χ4n) is 3.25. The summed E-state index contributed by atoms with van der Waals surface area (Å²) < 4.78 is 0. The van der Waals surface area contributed by atoms with Gasteiger partial charge in [0.05, 0.1) is 0 Å². The average molecular weight is 286 g/mol. The third kappa shape index (κ3) is 3.99. The van der Waals surface area contributed by atoms with Gasteiger partial charge in [-0.05, 0) is 62.8 Å². The summed E-state index contributed by atoms with van der Waals surface area (Å²) in [7, 11) is 0. The van der Waals surface area contributed by atoms with Gasteiger partial charge in [0.25, 0.3) is 0 Å². The second-order valence-electron chi connectivity index (χ2n) is 6.67. The maximum atomic E-state index is 11.7. The summed E-state index contributed by atoms with van der Waals surface area (Å²) in [4.78, 5) is 11.7. The van der Waals surface area contributed by atoms with Crippen molar-refractivity contribution in [1.82, 2.24) is 0 Å². The quantitative estimate of drug-likeness (QED) is 0.841. The first-order valence-electron chi connectivity index (χ1n) is 8.40. The Kier molecular flexibility index (Phi) is 4.47. The number of hydrogen-bond acceptors (Lipinski definition) is 2. The molecule has 2 aliphatic rings. The summed E-state index contributed by atoms with van der Waals surface area (Å²) in [5.41, 5.74) is 2.06. The van der Waals surface area contributed by atoms with E-state index < -0.39 is 0 Å². The Bertz CT molecular complexity index is 472. The lowest BCUT2D eigenvalue weighted by molar-refractivity contribution is -0.117. The van der Waals surface area contributed by atoms with E-state index in [1.54, 1.807) is 0 Å². The van der Waals surface area contributed by atoms with Crippen LogP contribution in [0.5, 0.6) is 0 Å². The molecule has 1 aromatic carbocycles. The van der Waals surface area contributed by atoms with E-state index in [4.69, 9.17) is 0 Å². The molecule has 1 aromatic rings. The number of amides is 1. The Morgan fingerprint density at radius 3 is 2.24 bits per heavy atom. The SMILES string of the molecule is CC(Nc1ccc(NC(=O)C2CC2)cc1)C1CCCCC1. The first-order valence-corrected chi connectivity index (χ1v) is 8.40. The van der Waals surface area contributed by atoms with Gasteiger partial charge < -0.3 is 10.6 Å². The van der Waals surface area contributed by atoms with E-state index in [9.17, 15) is 4.79 Å². The first-order chi connectivity index (χ1) is 10.2. The van der Waals surface area contributed by atoms with E-state index >= 15 is 0 Å². The summed E-state index contributed by atoms with van der Waals surface area (Å²) >= 11 is 0. The van der Waals surface area contributed by atoms with E-state index in [1.807, 2.05) is 12.1 Å². The van der Waals surface area contributed by atoms with Crippen molar-refractivity contribution in [2.75, 3.05) is 10.6 Å². The average Bonchev–Trinajstić information content (AvgIpc) is 3.35. The lowest BCUT2D eigenvalue weighted by Crippen LogP contribution is -2.27. The van der Waals surface area contributed by atoms with Gasteiger partial charge in [-0.3, -0.25) is 4.79 Å². The predicted molar refractivity (Wildman–Crippen MR) is 87.5 cm³/mol. The van der Waals surface area contributed by atoms with Crippen molar-refractivity contribution < 1.29 is 4.79 Å². The third-order valence-electron chi connectivity index (χ3n) is 4.85. The molecule has 114 valence electrons. The molecule has 2 N–H and O–H groups in total. The van der Waals surface area contributed by atoms with Gasteiger partial charge in [-0.15, -0.1) is 0 Å². The number of carbonyl (C=O) groups excluding carboxylic acids is 1. The minimum atomic E-state index is 0.172. The second-order valence-corrected chi connectivity index (χ2v) is 6.67. The van der Waals surface area contributed by atoms with Gasteiger partial charge in [0, 0.05) is 23.3 Å². The van der Waals surface area contributed by atoms with Crippen LogP contribution in [0.1, 0.15) is 51.9 Å². The van der Waals surface area contributed by atoms with Gasteiger partial charge in [0.15, 0.2) is 0 Å². The van der Waals surface area contributed by atoms with Crippen LogP contribution in [-0.4, -0.2) is 11.9 Å². The maximum absolute atomic E-state index is 11.7. The molecule has 2 saturated carbocycles. The number of hydrogen-bond donors (Lipinski definition) is 2. The highest BCUT2D eigenvalue weighted by Crippen LogP contribution is 2.31. The lowest BCUT2D eigenvalue weighted by atomic mass is 9.84. The van der Waals surface area contributed by atoms with Crippen LogP contribution in [0.2, 0.25) is 0 Å². The fourth-order valence-corrected chi connectivity index (χ4v) is 3.25. The molecule has 2 fully saturated rings. The van der Waals surface area contributed by atoms with Gasteiger partial charge in [-0.1, -0.05) is 19.3 Å². The van der Waals surface area contributed by atoms with Gasteiger partial charge in [0.1, 0.15) is 0 Å². The van der Waals surface area contributed by atoms with E-state index in [0.717, 1.165) is 30.1 Å². The van der Waals surface area contributed by atoms with Crippen LogP contribution in [0.15, 0.2) is 24.3 Å². The smallest absolute Gasteiger partial charge is 0.227 e. The molecule has 0 aromatic heterocycles. The zero-order chi connectivity index (χ0) is 14.7. The Balaban J connectivity index is 1.52. The predicted octanol–water partition coefficient (Wildman–Crippen LogP) is 4.42. The zero-order valence-corrected chi connectivity index (χ0v) is 12.9. The van der Waals surface area contributed by atoms with Crippen molar-refractivity contribution in [2.24, 2.45) is 11.8 Å². The van der Waals surface area contributed by atoms with Crippen molar-refractivity contribution >= 4 is 17.3 Å². The summed E-state index contributed by atoms with van der Waals surface area (Å²) in [6, 6.07) is 8.66. The van der Waals surface area contributed by atoms with Crippen molar-refractivity contribution in [3.63, 3.8) is 0 Å². The van der Waals surface area contributed by atoms with Crippen molar-refractivity contribution in [3.8, 4) is 0 Å². The number of carbonyl (C=O) groups is 1. The summed E-state index contributed by atoms with van der Waals surface area (Å²) in [6.07, 6.45) is 8.95. The lowest BCUT2D eigenvalue weighted by Gasteiger charge is -2.29. The van der Waals surface area contributed by atoms with Crippen LogP contribution in [0, 0.1) is 11.8 Å². The molecule has 1 amide bonds. The molecule has 0 bridgehead atoms. The maximum Gasteiger partial charge on any atom is 0.227 e. The van der Waals surface area contributed by atoms with Crippen molar-refractivity contribution in [3.05, 3.63) is 24.3 Å². The zero-order valence-electron chi connectivity index (χ0n) is 12.9. The number of nitrogens with one attached hydrogen (secondary N) is 2. The van der Waals surface area contributed by atoms with Crippen LogP contribution in [-0.2, 0) is 4.79 Å². The van der Waals surface area contributed by atoms with E-state index in [2.05, 4.69) is 29.7 Å². The number of benzene rings is 1. The molecule has 0 spiro atoms. The molecular formula is C18H26N2O. The molecule has 3 nitrogen and oxygen atoms in total. The van der Waals surface area contributed by atoms with Gasteiger partial charge >= 0.3 is 0 Å². The molecule has 0 heterocycles. The van der Waals surface area contributed by atoms with Crippen molar-refractivity contribution in [1.29, 1.82) is 0 Å². The largest absolute Gasteiger partial charge is 0.382 e. The Hall–Kier alpha value is -1.51. The normalized spacial score (nSPS) is 20.8. The van der Waals surface area contributed by atoms with Gasteiger partial charge in [0.2, 0.25) is 5.91 Å². The van der Waals surface area contributed by atoms with Gasteiger partial charge in [-0.2, -0.15) is 0 Å². The molecule has 21 heavy (non-hydrogen) atoms. The van der Waals surface area contributed by atoms with Crippen LogP contribution in [0.3, 0.4) is 0 Å². The molecule has 1 atom stereocenters. The summed E-state index contributed by atoms with van der Waals surface area (Å²) in [6.45, 7) is 2.29.